The van der Waals surface area contributed by atoms with E-state index in [4.69, 9.17) is 22.7 Å². The van der Waals surface area contributed by atoms with E-state index < -0.39 is 0 Å². The highest BCUT2D eigenvalue weighted by molar-refractivity contribution is 7.80. The summed E-state index contributed by atoms with van der Waals surface area (Å²) in [7, 11) is 0. The first kappa shape index (κ1) is 14.8. The van der Waals surface area contributed by atoms with Crippen LogP contribution < -0.4 is 11.1 Å². The Kier molecular flexibility index (Phi) is 4.42. The highest BCUT2D eigenvalue weighted by Crippen LogP contribution is 2.23. The van der Waals surface area contributed by atoms with E-state index in [0.717, 1.165) is 36.5 Å². The van der Waals surface area contributed by atoms with Gasteiger partial charge in [-0.05, 0) is 50.1 Å². The molecule has 2 saturated heterocycles. The standard InChI is InChI=1S/C16H23N3OS/c1-11-7-12(4-5-15(11)16(17)21)18-8-14-9-19-6-2-3-13(19)10-20-14/h4-5,7,13-14,18H,2-3,6,8-10H2,1H3,(H2,17,21). The molecule has 2 atom stereocenters. The Morgan fingerprint density at radius 2 is 2.38 bits per heavy atom. The molecule has 2 aliphatic rings. The molecule has 0 aromatic heterocycles. The number of morpholine rings is 1. The van der Waals surface area contributed by atoms with Gasteiger partial charge in [0.2, 0.25) is 0 Å². The number of thiocarbonyl (C=S) groups is 1. The van der Waals surface area contributed by atoms with Gasteiger partial charge in [-0.1, -0.05) is 12.2 Å². The van der Waals surface area contributed by atoms with Crippen molar-refractivity contribution < 1.29 is 4.74 Å². The Morgan fingerprint density at radius 3 is 3.14 bits per heavy atom. The van der Waals surface area contributed by atoms with E-state index in [-0.39, 0.29) is 6.10 Å². The fourth-order valence-corrected chi connectivity index (χ4v) is 3.52. The van der Waals surface area contributed by atoms with Gasteiger partial charge in [0, 0.05) is 30.4 Å². The maximum absolute atomic E-state index is 5.96. The van der Waals surface area contributed by atoms with E-state index >= 15 is 0 Å². The number of ether oxygens (including phenoxy) is 1. The lowest BCUT2D eigenvalue weighted by molar-refractivity contribution is -0.0415. The number of nitrogens with one attached hydrogen (secondary N) is 1. The highest BCUT2D eigenvalue weighted by Gasteiger charge is 2.31. The molecule has 0 saturated carbocycles. The molecule has 2 heterocycles. The molecule has 3 rings (SSSR count). The Labute approximate surface area is 131 Å². The van der Waals surface area contributed by atoms with Gasteiger partial charge >= 0.3 is 0 Å². The lowest BCUT2D eigenvalue weighted by Gasteiger charge is -2.35. The van der Waals surface area contributed by atoms with E-state index in [2.05, 4.69) is 16.3 Å². The smallest absolute Gasteiger partial charge is 0.104 e. The minimum atomic E-state index is 0.273. The van der Waals surface area contributed by atoms with Crippen LogP contribution in [0.5, 0.6) is 0 Å². The molecule has 0 spiro atoms. The molecular formula is C16H23N3OS. The van der Waals surface area contributed by atoms with Crippen LogP contribution in [0.4, 0.5) is 5.69 Å². The van der Waals surface area contributed by atoms with E-state index in [1.165, 1.54) is 19.4 Å². The number of benzene rings is 1. The largest absolute Gasteiger partial charge is 0.389 e. The molecule has 1 aromatic rings. The summed E-state index contributed by atoms with van der Waals surface area (Å²) in [6.45, 7) is 6.03. The van der Waals surface area contributed by atoms with Crippen LogP contribution in [-0.4, -0.2) is 48.3 Å². The van der Waals surface area contributed by atoms with Crippen molar-refractivity contribution in [3.63, 3.8) is 0 Å². The average Bonchev–Trinajstić information content (AvgIpc) is 2.92. The summed E-state index contributed by atoms with van der Waals surface area (Å²) in [5, 5.41) is 3.47. The van der Waals surface area contributed by atoms with Crippen LogP contribution in [0.3, 0.4) is 0 Å². The van der Waals surface area contributed by atoms with Crippen molar-refractivity contribution in [1.29, 1.82) is 0 Å². The predicted octanol–water partition coefficient (Wildman–Crippen LogP) is 1.90. The van der Waals surface area contributed by atoms with Crippen LogP contribution in [0.15, 0.2) is 18.2 Å². The van der Waals surface area contributed by atoms with E-state index in [1.807, 2.05) is 19.1 Å². The number of nitrogens with zero attached hydrogens (tertiary/aromatic N) is 1. The van der Waals surface area contributed by atoms with Gasteiger partial charge in [0.15, 0.2) is 0 Å². The fraction of sp³-hybridized carbons (Fsp3) is 0.562. The molecule has 0 aliphatic carbocycles. The molecule has 4 nitrogen and oxygen atoms in total. The summed E-state index contributed by atoms with van der Waals surface area (Å²) >= 11 is 5.03. The zero-order valence-corrected chi connectivity index (χ0v) is 13.3. The monoisotopic (exact) mass is 305 g/mol. The van der Waals surface area contributed by atoms with Crippen LogP contribution in [0, 0.1) is 6.92 Å². The van der Waals surface area contributed by atoms with Crippen molar-refractivity contribution in [2.45, 2.75) is 31.9 Å². The molecule has 3 N–H and O–H groups in total. The summed E-state index contributed by atoms with van der Waals surface area (Å²) in [4.78, 5) is 3.02. The number of aryl methyl sites for hydroxylation is 1. The van der Waals surface area contributed by atoms with Crippen molar-refractivity contribution in [1.82, 2.24) is 4.90 Å². The quantitative estimate of drug-likeness (QED) is 0.832. The summed E-state index contributed by atoms with van der Waals surface area (Å²) in [5.74, 6) is 0. The molecule has 5 heteroatoms. The Balaban J connectivity index is 1.55. The summed E-state index contributed by atoms with van der Waals surface area (Å²) < 4.78 is 5.96. The lowest BCUT2D eigenvalue weighted by atomic mass is 10.1. The number of fused-ring (bicyclic) bond motifs is 1. The lowest BCUT2D eigenvalue weighted by Crippen LogP contribution is -2.48. The normalized spacial score (nSPS) is 25.6. The Morgan fingerprint density at radius 1 is 1.52 bits per heavy atom. The zero-order chi connectivity index (χ0) is 14.8. The van der Waals surface area contributed by atoms with Crippen molar-refractivity contribution in [2.75, 3.05) is 31.6 Å². The maximum Gasteiger partial charge on any atom is 0.104 e. The van der Waals surface area contributed by atoms with Gasteiger partial charge in [0.25, 0.3) is 0 Å². The van der Waals surface area contributed by atoms with Crippen molar-refractivity contribution >= 4 is 22.9 Å². The van der Waals surface area contributed by atoms with E-state index in [0.29, 0.717) is 11.0 Å². The van der Waals surface area contributed by atoms with Crippen LogP contribution in [0.2, 0.25) is 0 Å². The molecule has 2 unspecified atom stereocenters. The second-order valence-corrected chi connectivity index (χ2v) is 6.46. The van der Waals surface area contributed by atoms with Gasteiger partial charge in [-0.2, -0.15) is 0 Å². The minimum absolute atomic E-state index is 0.273. The van der Waals surface area contributed by atoms with E-state index in [9.17, 15) is 0 Å². The predicted molar refractivity (Wildman–Crippen MR) is 89.9 cm³/mol. The number of rotatable bonds is 4. The second-order valence-electron chi connectivity index (χ2n) is 6.02. The Hall–Kier alpha value is -1.17. The maximum atomic E-state index is 5.96. The van der Waals surface area contributed by atoms with Gasteiger partial charge in [-0.25, -0.2) is 0 Å². The van der Waals surface area contributed by atoms with Crippen LogP contribution in [0.1, 0.15) is 24.0 Å². The molecule has 2 aliphatic heterocycles. The van der Waals surface area contributed by atoms with Gasteiger partial charge < -0.3 is 15.8 Å². The SMILES string of the molecule is Cc1cc(NCC2CN3CCCC3CO2)ccc1C(N)=S. The molecule has 21 heavy (non-hydrogen) atoms. The van der Waals surface area contributed by atoms with Gasteiger partial charge in [0.05, 0.1) is 12.7 Å². The molecule has 0 bridgehead atoms. The van der Waals surface area contributed by atoms with Crippen molar-refractivity contribution in [3.05, 3.63) is 29.3 Å². The first-order chi connectivity index (χ1) is 10.1. The third kappa shape index (κ3) is 3.36. The summed E-state index contributed by atoms with van der Waals surface area (Å²) in [5.41, 5.74) is 8.84. The third-order valence-corrected chi connectivity index (χ3v) is 4.71. The van der Waals surface area contributed by atoms with Crippen LogP contribution >= 0.6 is 12.2 Å². The minimum Gasteiger partial charge on any atom is -0.389 e. The molecule has 2 fully saturated rings. The fourth-order valence-electron chi connectivity index (χ4n) is 3.29. The zero-order valence-electron chi connectivity index (χ0n) is 12.5. The summed E-state index contributed by atoms with van der Waals surface area (Å²) in [6, 6.07) is 6.77. The van der Waals surface area contributed by atoms with Crippen LogP contribution in [0.25, 0.3) is 0 Å². The number of hydrogen-bond acceptors (Lipinski definition) is 4. The number of hydrogen-bond donors (Lipinski definition) is 2. The molecule has 1 aromatic carbocycles. The molecule has 0 amide bonds. The first-order valence-electron chi connectivity index (χ1n) is 7.63. The first-order valence-corrected chi connectivity index (χ1v) is 8.04. The molecule has 0 radical (unpaired) electrons. The molecular weight excluding hydrogens is 282 g/mol. The van der Waals surface area contributed by atoms with Crippen LogP contribution in [-0.2, 0) is 4.74 Å². The topological polar surface area (TPSA) is 50.5 Å². The summed E-state index contributed by atoms with van der Waals surface area (Å²) in [6.07, 6.45) is 2.88. The number of anilines is 1. The van der Waals surface area contributed by atoms with Crippen molar-refractivity contribution in [3.8, 4) is 0 Å². The van der Waals surface area contributed by atoms with Gasteiger partial charge in [-0.15, -0.1) is 0 Å². The highest BCUT2D eigenvalue weighted by atomic mass is 32.1. The van der Waals surface area contributed by atoms with Crippen molar-refractivity contribution in [2.24, 2.45) is 5.73 Å². The molecule has 114 valence electrons. The second kappa shape index (κ2) is 6.30. The average molecular weight is 305 g/mol. The van der Waals surface area contributed by atoms with E-state index in [1.54, 1.807) is 0 Å². The number of nitrogens with two attached hydrogens (primary N) is 1. The third-order valence-electron chi connectivity index (χ3n) is 4.49. The Bertz CT molecular complexity index is 534. The van der Waals surface area contributed by atoms with Gasteiger partial charge in [-0.3, -0.25) is 4.90 Å². The van der Waals surface area contributed by atoms with Gasteiger partial charge in [0.1, 0.15) is 4.99 Å².